The van der Waals surface area contributed by atoms with Crippen LogP contribution in [0.3, 0.4) is 0 Å². The van der Waals surface area contributed by atoms with Crippen LogP contribution >= 0.6 is 11.6 Å². The number of nitrogens with one attached hydrogen (secondary N) is 1. The zero-order valence-corrected chi connectivity index (χ0v) is 9.75. The van der Waals surface area contributed by atoms with Gasteiger partial charge in [0, 0.05) is 25.9 Å². The van der Waals surface area contributed by atoms with Crippen molar-refractivity contribution in [3.05, 3.63) is 28.9 Å². The summed E-state index contributed by atoms with van der Waals surface area (Å²) in [6.07, 6.45) is 3.49. The molecule has 0 aliphatic carbocycles. The SMILES string of the molecule is CC(=O)NCc1c(Cl)nc(C)n2ccnc12. The molecule has 0 aliphatic heterocycles. The average molecular weight is 239 g/mol. The van der Waals surface area contributed by atoms with Gasteiger partial charge in [0.2, 0.25) is 5.91 Å². The largest absolute Gasteiger partial charge is 0.352 e. The molecule has 2 heterocycles. The molecule has 0 aromatic carbocycles. The Morgan fingerprint density at radius 3 is 3.06 bits per heavy atom. The van der Waals surface area contributed by atoms with Crippen LogP contribution in [0.5, 0.6) is 0 Å². The predicted octanol–water partition coefficient (Wildman–Crippen LogP) is 1.33. The van der Waals surface area contributed by atoms with Crippen molar-refractivity contribution >= 4 is 23.2 Å². The van der Waals surface area contributed by atoms with Crippen molar-refractivity contribution in [1.29, 1.82) is 0 Å². The summed E-state index contributed by atoms with van der Waals surface area (Å²) < 4.78 is 1.84. The Balaban J connectivity index is 2.50. The number of rotatable bonds is 2. The van der Waals surface area contributed by atoms with Gasteiger partial charge in [-0.05, 0) is 6.92 Å². The lowest BCUT2D eigenvalue weighted by molar-refractivity contribution is -0.119. The molecule has 0 spiro atoms. The number of aromatic nitrogens is 3. The summed E-state index contributed by atoms with van der Waals surface area (Å²) >= 11 is 6.03. The summed E-state index contributed by atoms with van der Waals surface area (Å²) in [6.45, 7) is 3.64. The van der Waals surface area contributed by atoms with Gasteiger partial charge in [-0.1, -0.05) is 11.6 Å². The molecule has 0 bridgehead atoms. The lowest BCUT2D eigenvalue weighted by Crippen LogP contribution is -2.20. The van der Waals surface area contributed by atoms with Crippen molar-refractivity contribution in [1.82, 2.24) is 19.7 Å². The van der Waals surface area contributed by atoms with Gasteiger partial charge in [-0.2, -0.15) is 0 Å². The highest BCUT2D eigenvalue weighted by molar-refractivity contribution is 6.30. The van der Waals surface area contributed by atoms with Gasteiger partial charge in [-0.15, -0.1) is 0 Å². The van der Waals surface area contributed by atoms with Gasteiger partial charge in [0.05, 0.1) is 5.56 Å². The number of hydrogen-bond donors (Lipinski definition) is 1. The summed E-state index contributed by atoms with van der Waals surface area (Å²) in [4.78, 5) is 19.3. The number of carbonyl (C=O) groups excluding carboxylic acids is 1. The third-order valence-corrected chi connectivity index (χ3v) is 2.60. The molecule has 0 aliphatic rings. The van der Waals surface area contributed by atoms with E-state index in [4.69, 9.17) is 11.6 Å². The summed E-state index contributed by atoms with van der Waals surface area (Å²) in [5.41, 5.74) is 1.46. The van der Waals surface area contributed by atoms with Gasteiger partial charge >= 0.3 is 0 Å². The highest BCUT2D eigenvalue weighted by Gasteiger charge is 2.11. The molecule has 1 N–H and O–H groups in total. The smallest absolute Gasteiger partial charge is 0.217 e. The number of carbonyl (C=O) groups is 1. The van der Waals surface area contributed by atoms with E-state index in [1.54, 1.807) is 6.20 Å². The van der Waals surface area contributed by atoms with Gasteiger partial charge in [0.25, 0.3) is 0 Å². The first kappa shape index (κ1) is 10.9. The van der Waals surface area contributed by atoms with Crippen LogP contribution < -0.4 is 5.32 Å². The number of hydrogen-bond acceptors (Lipinski definition) is 3. The number of fused-ring (bicyclic) bond motifs is 1. The van der Waals surface area contributed by atoms with Crippen molar-refractivity contribution in [2.75, 3.05) is 0 Å². The van der Waals surface area contributed by atoms with E-state index < -0.39 is 0 Å². The molecule has 2 rings (SSSR count). The molecule has 0 saturated heterocycles. The van der Waals surface area contributed by atoms with E-state index in [1.165, 1.54) is 6.92 Å². The predicted molar refractivity (Wildman–Crippen MR) is 60.3 cm³/mol. The second-order valence-electron chi connectivity index (χ2n) is 3.46. The van der Waals surface area contributed by atoms with Crippen molar-refractivity contribution in [3.63, 3.8) is 0 Å². The Hall–Kier alpha value is -1.62. The summed E-state index contributed by atoms with van der Waals surface area (Å²) in [6, 6.07) is 0. The summed E-state index contributed by atoms with van der Waals surface area (Å²) in [5.74, 6) is 0.658. The summed E-state index contributed by atoms with van der Waals surface area (Å²) in [5, 5.41) is 3.07. The molecule has 2 aromatic rings. The first-order chi connectivity index (χ1) is 7.59. The lowest BCUT2D eigenvalue weighted by Gasteiger charge is -2.08. The fourth-order valence-corrected chi connectivity index (χ4v) is 1.78. The second-order valence-corrected chi connectivity index (χ2v) is 3.82. The lowest BCUT2D eigenvalue weighted by atomic mass is 10.3. The molecule has 0 fully saturated rings. The molecule has 2 aromatic heterocycles. The highest BCUT2D eigenvalue weighted by Crippen LogP contribution is 2.18. The van der Waals surface area contributed by atoms with Crippen LogP contribution in [0.25, 0.3) is 5.65 Å². The maximum absolute atomic E-state index is 10.9. The minimum Gasteiger partial charge on any atom is -0.352 e. The molecule has 0 atom stereocenters. The molecule has 0 unspecified atom stereocenters. The van der Waals surface area contributed by atoms with Crippen molar-refractivity contribution in [2.24, 2.45) is 0 Å². The van der Waals surface area contributed by atoms with Crippen molar-refractivity contribution < 1.29 is 4.79 Å². The van der Waals surface area contributed by atoms with Crippen LogP contribution in [-0.4, -0.2) is 20.3 Å². The van der Waals surface area contributed by atoms with E-state index in [-0.39, 0.29) is 5.91 Å². The van der Waals surface area contributed by atoms with E-state index in [2.05, 4.69) is 15.3 Å². The number of imidazole rings is 1. The standard InChI is InChI=1S/C10H11ClN4O/c1-6-14-9(11)8(5-13-7(2)16)10-12-3-4-15(6)10/h3-4H,5H2,1-2H3,(H,13,16). The zero-order chi connectivity index (χ0) is 11.7. The normalized spacial score (nSPS) is 10.7. The van der Waals surface area contributed by atoms with Crippen LogP contribution in [0.1, 0.15) is 18.3 Å². The Labute approximate surface area is 97.5 Å². The van der Waals surface area contributed by atoms with Gasteiger partial charge in [0.1, 0.15) is 16.6 Å². The molecule has 84 valence electrons. The van der Waals surface area contributed by atoms with Crippen LogP contribution in [0.15, 0.2) is 12.4 Å². The minimum absolute atomic E-state index is 0.110. The van der Waals surface area contributed by atoms with E-state index in [0.29, 0.717) is 11.7 Å². The van der Waals surface area contributed by atoms with Crippen molar-refractivity contribution in [3.8, 4) is 0 Å². The van der Waals surface area contributed by atoms with Gasteiger partial charge in [-0.3, -0.25) is 9.20 Å². The fourth-order valence-electron chi connectivity index (χ4n) is 1.51. The van der Waals surface area contributed by atoms with E-state index >= 15 is 0 Å². The van der Waals surface area contributed by atoms with Crippen LogP contribution in [0.2, 0.25) is 5.15 Å². The van der Waals surface area contributed by atoms with Crippen molar-refractivity contribution in [2.45, 2.75) is 20.4 Å². The van der Waals surface area contributed by atoms with Gasteiger partial charge in [-0.25, -0.2) is 9.97 Å². The molecule has 5 nitrogen and oxygen atoms in total. The van der Waals surface area contributed by atoms with E-state index in [9.17, 15) is 4.79 Å². The van der Waals surface area contributed by atoms with E-state index in [1.807, 2.05) is 17.5 Å². The second kappa shape index (κ2) is 4.09. The first-order valence-corrected chi connectivity index (χ1v) is 5.20. The monoisotopic (exact) mass is 238 g/mol. The maximum Gasteiger partial charge on any atom is 0.217 e. The first-order valence-electron chi connectivity index (χ1n) is 4.82. The minimum atomic E-state index is -0.110. The quantitative estimate of drug-likeness (QED) is 0.803. The molecule has 16 heavy (non-hydrogen) atoms. The Kier molecular flexibility index (Phi) is 2.78. The molecule has 1 amide bonds. The molecule has 0 saturated carbocycles. The van der Waals surface area contributed by atoms with Crippen LogP contribution in [0.4, 0.5) is 0 Å². The Morgan fingerprint density at radius 1 is 1.62 bits per heavy atom. The third-order valence-electron chi connectivity index (χ3n) is 2.28. The maximum atomic E-state index is 10.9. The molecule has 6 heteroatoms. The fraction of sp³-hybridized carbons (Fsp3) is 0.300. The summed E-state index contributed by atoms with van der Waals surface area (Å²) in [7, 11) is 0. The topological polar surface area (TPSA) is 59.3 Å². The highest BCUT2D eigenvalue weighted by atomic mass is 35.5. The van der Waals surface area contributed by atoms with Crippen LogP contribution in [0, 0.1) is 6.92 Å². The molecular formula is C10H11ClN4O. The molecule has 0 radical (unpaired) electrons. The number of halogens is 1. The van der Waals surface area contributed by atoms with E-state index in [0.717, 1.165) is 17.0 Å². The molecular weight excluding hydrogens is 228 g/mol. The van der Waals surface area contributed by atoms with Gasteiger partial charge in [0.15, 0.2) is 0 Å². The number of nitrogens with zero attached hydrogens (tertiary/aromatic N) is 3. The number of aryl methyl sites for hydroxylation is 1. The van der Waals surface area contributed by atoms with Gasteiger partial charge < -0.3 is 5.32 Å². The zero-order valence-electron chi connectivity index (χ0n) is 8.99. The average Bonchev–Trinajstić information content (AvgIpc) is 2.65. The third kappa shape index (κ3) is 1.86. The van der Waals surface area contributed by atoms with Crippen LogP contribution in [-0.2, 0) is 11.3 Å². The Morgan fingerprint density at radius 2 is 2.38 bits per heavy atom. The number of amides is 1. The Bertz CT molecular complexity index is 549.